The lowest BCUT2D eigenvalue weighted by Gasteiger charge is -2.12. The zero-order valence-electron chi connectivity index (χ0n) is 17.9. The quantitative estimate of drug-likeness (QED) is 0.382. The van der Waals surface area contributed by atoms with Gasteiger partial charge in [0.25, 0.3) is 5.91 Å². The van der Waals surface area contributed by atoms with Crippen LogP contribution in [-0.2, 0) is 20.7 Å². The van der Waals surface area contributed by atoms with Gasteiger partial charge in [-0.2, -0.15) is 8.78 Å². The average molecular weight is 461 g/mol. The third kappa shape index (κ3) is 6.06. The van der Waals surface area contributed by atoms with Crippen LogP contribution in [0.2, 0.25) is 0 Å². The molecule has 0 spiro atoms. The molecule has 0 bridgehead atoms. The first-order valence-electron chi connectivity index (χ1n) is 9.88. The summed E-state index contributed by atoms with van der Waals surface area (Å²) in [6.45, 7) is -1.94. The standard InChI is InChI=1S/C23H21F2NO7/c1-13-15-8-7-14(30-2)11-19(15)32-22(29)16(13)9-10-21(28)31-12-20(27)26-17-5-3-4-6-18(17)33-23(24)25/h3-8,11,23H,9-10,12H2,1-2H3,(H,26,27). The van der Waals surface area contributed by atoms with Crippen LogP contribution < -0.4 is 20.4 Å². The van der Waals surface area contributed by atoms with E-state index in [9.17, 15) is 23.2 Å². The van der Waals surface area contributed by atoms with Gasteiger partial charge in [0.05, 0.1) is 12.8 Å². The molecule has 1 heterocycles. The second-order valence-electron chi connectivity index (χ2n) is 6.94. The van der Waals surface area contributed by atoms with Crippen LogP contribution in [0.3, 0.4) is 0 Å². The normalized spacial score (nSPS) is 10.8. The molecule has 3 aromatic rings. The fourth-order valence-electron chi connectivity index (χ4n) is 3.19. The molecule has 8 nitrogen and oxygen atoms in total. The Hall–Kier alpha value is -3.95. The second kappa shape index (κ2) is 10.6. The molecule has 2 aromatic carbocycles. The Morgan fingerprint density at radius 1 is 1.15 bits per heavy atom. The van der Waals surface area contributed by atoms with Crippen molar-refractivity contribution < 1.29 is 37.0 Å². The molecule has 1 aromatic heterocycles. The van der Waals surface area contributed by atoms with Gasteiger partial charge in [-0.05, 0) is 43.2 Å². The van der Waals surface area contributed by atoms with Gasteiger partial charge in [-0.3, -0.25) is 9.59 Å². The number of hydrogen-bond acceptors (Lipinski definition) is 7. The number of esters is 1. The van der Waals surface area contributed by atoms with Crippen LogP contribution in [0.15, 0.2) is 51.7 Å². The van der Waals surface area contributed by atoms with E-state index in [1.165, 1.54) is 31.4 Å². The number of ether oxygens (including phenoxy) is 3. The number of aryl methyl sites for hydroxylation is 1. The molecule has 1 N–H and O–H groups in total. The summed E-state index contributed by atoms with van der Waals surface area (Å²) in [6.07, 6.45) is -0.104. The van der Waals surface area contributed by atoms with Crippen molar-refractivity contribution >= 4 is 28.5 Å². The minimum atomic E-state index is -3.06. The minimum Gasteiger partial charge on any atom is -0.497 e. The van der Waals surface area contributed by atoms with Gasteiger partial charge in [0.2, 0.25) is 0 Å². The van der Waals surface area contributed by atoms with E-state index >= 15 is 0 Å². The Morgan fingerprint density at radius 2 is 1.91 bits per heavy atom. The average Bonchev–Trinajstić information content (AvgIpc) is 2.78. The summed E-state index contributed by atoms with van der Waals surface area (Å²) in [7, 11) is 1.50. The maximum Gasteiger partial charge on any atom is 0.387 e. The Labute approximate surface area is 187 Å². The number of carbonyl (C=O) groups excluding carboxylic acids is 2. The zero-order chi connectivity index (χ0) is 24.0. The van der Waals surface area contributed by atoms with Gasteiger partial charge in [0.15, 0.2) is 6.61 Å². The number of carbonyl (C=O) groups is 2. The van der Waals surface area contributed by atoms with E-state index in [0.717, 1.165) is 0 Å². The first-order valence-corrected chi connectivity index (χ1v) is 9.88. The number of alkyl halides is 2. The highest BCUT2D eigenvalue weighted by Crippen LogP contribution is 2.26. The largest absolute Gasteiger partial charge is 0.497 e. The molecule has 33 heavy (non-hydrogen) atoms. The summed E-state index contributed by atoms with van der Waals surface area (Å²) in [5.74, 6) is -1.12. The summed E-state index contributed by atoms with van der Waals surface area (Å²) < 4.78 is 44.6. The van der Waals surface area contributed by atoms with Gasteiger partial charge in [-0.1, -0.05) is 12.1 Å². The van der Waals surface area contributed by atoms with Crippen LogP contribution in [0.1, 0.15) is 17.5 Å². The number of benzene rings is 2. The first-order chi connectivity index (χ1) is 15.8. The summed E-state index contributed by atoms with van der Waals surface area (Å²) in [6, 6.07) is 10.7. The highest BCUT2D eigenvalue weighted by molar-refractivity contribution is 5.94. The number of rotatable bonds is 9. The summed E-state index contributed by atoms with van der Waals surface area (Å²) in [4.78, 5) is 36.5. The number of halogens is 2. The van der Waals surface area contributed by atoms with Crippen LogP contribution in [-0.4, -0.2) is 32.2 Å². The molecule has 3 rings (SSSR count). The topological polar surface area (TPSA) is 104 Å². The number of nitrogens with one attached hydrogen (secondary N) is 1. The van der Waals surface area contributed by atoms with Crippen LogP contribution in [0.4, 0.5) is 14.5 Å². The van der Waals surface area contributed by atoms with Crippen LogP contribution in [0.25, 0.3) is 11.0 Å². The summed E-state index contributed by atoms with van der Waals surface area (Å²) in [5, 5.41) is 3.05. The number of anilines is 1. The molecule has 0 saturated heterocycles. The number of hydrogen-bond donors (Lipinski definition) is 1. The van der Waals surface area contributed by atoms with E-state index < -0.39 is 30.7 Å². The van der Waals surface area contributed by atoms with E-state index in [-0.39, 0.29) is 24.3 Å². The van der Waals surface area contributed by atoms with Crippen molar-refractivity contribution in [2.45, 2.75) is 26.4 Å². The molecule has 0 saturated carbocycles. The van der Waals surface area contributed by atoms with Gasteiger partial charge in [0, 0.05) is 23.4 Å². The maximum absolute atomic E-state index is 12.5. The Morgan fingerprint density at radius 3 is 2.64 bits per heavy atom. The molecule has 0 fully saturated rings. The molecule has 174 valence electrons. The molecule has 0 unspecified atom stereocenters. The SMILES string of the molecule is COc1ccc2c(C)c(CCC(=O)OCC(=O)Nc3ccccc3OC(F)F)c(=O)oc2c1. The van der Waals surface area contributed by atoms with E-state index in [2.05, 4.69) is 10.1 Å². The third-order valence-electron chi connectivity index (χ3n) is 4.82. The van der Waals surface area contributed by atoms with Crippen molar-refractivity contribution in [1.82, 2.24) is 0 Å². The monoisotopic (exact) mass is 461 g/mol. The van der Waals surface area contributed by atoms with Crippen molar-refractivity contribution in [3.63, 3.8) is 0 Å². The first kappa shape index (κ1) is 23.7. The predicted octanol–water partition coefficient (Wildman–Crippen LogP) is 3.83. The molecule has 0 aliphatic rings. The highest BCUT2D eigenvalue weighted by Gasteiger charge is 2.16. The van der Waals surface area contributed by atoms with Gasteiger partial charge >= 0.3 is 18.2 Å². The zero-order valence-corrected chi connectivity index (χ0v) is 17.9. The van der Waals surface area contributed by atoms with Crippen LogP contribution in [0, 0.1) is 6.92 Å². The predicted molar refractivity (Wildman–Crippen MR) is 115 cm³/mol. The van der Waals surface area contributed by atoms with Gasteiger partial charge < -0.3 is 23.9 Å². The fraction of sp³-hybridized carbons (Fsp3) is 0.261. The molecule has 0 radical (unpaired) electrons. The van der Waals surface area contributed by atoms with E-state index in [0.29, 0.717) is 27.8 Å². The Balaban J connectivity index is 1.57. The van der Waals surface area contributed by atoms with E-state index in [4.69, 9.17) is 13.9 Å². The molecule has 10 heteroatoms. The molecular formula is C23H21F2NO7. The van der Waals surface area contributed by atoms with Gasteiger partial charge in [-0.15, -0.1) is 0 Å². The summed E-state index contributed by atoms with van der Waals surface area (Å²) in [5.41, 5.74) is 0.808. The van der Waals surface area contributed by atoms with Gasteiger partial charge in [-0.25, -0.2) is 4.79 Å². The molecule has 1 amide bonds. The summed E-state index contributed by atoms with van der Waals surface area (Å²) >= 11 is 0. The molecule has 0 aliphatic heterocycles. The van der Waals surface area contributed by atoms with E-state index in [1.54, 1.807) is 25.1 Å². The Kier molecular flexibility index (Phi) is 7.60. The smallest absolute Gasteiger partial charge is 0.387 e. The number of fused-ring (bicyclic) bond motifs is 1. The third-order valence-corrected chi connectivity index (χ3v) is 4.82. The molecule has 0 atom stereocenters. The molecular weight excluding hydrogens is 440 g/mol. The lowest BCUT2D eigenvalue weighted by atomic mass is 10.0. The van der Waals surface area contributed by atoms with Crippen molar-refractivity contribution in [3.05, 3.63) is 64.0 Å². The van der Waals surface area contributed by atoms with Crippen molar-refractivity contribution in [1.29, 1.82) is 0 Å². The van der Waals surface area contributed by atoms with Crippen LogP contribution in [0.5, 0.6) is 11.5 Å². The number of amides is 1. The highest BCUT2D eigenvalue weighted by atomic mass is 19.3. The maximum atomic E-state index is 12.5. The van der Waals surface area contributed by atoms with Crippen molar-refractivity contribution in [2.24, 2.45) is 0 Å². The van der Waals surface area contributed by atoms with Crippen molar-refractivity contribution in [2.75, 3.05) is 19.0 Å². The second-order valence-corrected chi connectivity index (χ2v) is 6.94. The van der Waals surface area contributed by atoms with E-state index in [1.807, 2.05) is 0 Å². The fourth-order valence-corrected chi connectivity index (χ4v) is 3.19. The van der Waals surface area contributed by atoms with Crippen molar-refractivity contribution in [3.8, 4) is 11.5 Å². The number of methoxy groups -OCH3 is 1. The lowest BCUT2D eigenvalue weighted by molar-refractivity contribution is -0.147. The number of para-hydroxylation sites is 2. The van der Waals surface area contributed by atoms with Crippen LogP contribution >= 0.6 is 0 Å². The van der Waals surface area contributed by atoms with Gasteiger partial charge in [0.1, 0.15) is 17.1 Å². The molecule has 0 aliphatic carbocycles. The lowest BCUT2D eigenvalue weighted by Crippen LogP contribution is -2.22. The Bertz CT molecular complexity index is 1220. The minimum absolute atomic E-state index is 0.0138.